The summed E-state index contributed by atoms with van der Waals surface area (Å²) >= 11 is 0. The summed E-state index contributed by atoms with van der Waals surface area (Å²) < 4.78 is 51.2. The molecule has 1 amide bonds. The van der Waals surface area contributed by atoms with Crippen LogP contribution in [0.15, 0.2) is 36.4 Å². The molecular weight excluding hydrogens is 561 g/mol. The standard InChI is InChI=1S/C33H33F3N2O5/c1-18(39)42-27-11-6-20-15-25-23-9-10-24(37(2)28(41)12-5-19-3-7-22(8-4-19)33(34,35)36)31-32(23,29(20)30(27)43-31)13-14-38(25)17-21-16-26(21)40/h3-4,6-8,11,21,23-26,31,40H,9-10,13-17H2,1-2H3/t21?,23-,24+,25+,26?,31-,32-/m0/s1. The van der Waals surface area contributed by atoms with E-state index in [4.69, 9.17) is 9.47 Å². The van der Waals surface area contributed by atoms with Gasteiger partial charge in [-0.2, -0.15) is 13.2 Å². The lowest BCUT2D eigenvalue weighted by Gasteiger charge is -2.60. The SMILES string of the molecule is CC(=O)Oc1ccc2c3c1O[C@H]1[C@H](N(C)C(=O)C#Cc4ccc(C(F)(F)F)cc4)CC[C@H]4[C@@H](C2)N(CC2CC2O)CC[C@@]341. The van der Waals surface area contributed by atoms with Crippen LogP contribution >= 0.6 is 0 Å². The number of halogens is 3. The van der Waals surface area contributed by atoms with Crippen molar-refractivity contribution < 1.29 is 37.3 Å². The smallest absolute Gasteiger partial charge is 0.416 e. The molecule has 3 aliphatic carbocycles. The molecule has 7 atom stereocenters. The van der Waals surface area contributed by atoms with Gasteiger partial charge in [-0.05, 0) is 80.5 Å². The molecule has 3 fully saturated rings. The van der Waals surface area contributed by atoms with E-state index in [-0.39, 0.29) is 35.6 Å². The Bertz CT molecular complexity index is 1550. The maximum atomic E-state index is 13.4. The van der Waals surface area contributed by atoms with Crippen molar-refractivity contribution in [2.75, 3.05) is 20.1 Å². The summed E-state index contributed by atoms with van der Waals surface area (Å²) in [5, 5.41) is 10.1. The first-order valence-corrected chi connectivity index (χ1v) is 14.9. The van der Waals surface area contributed by atoms with E-state index in [1.54, 1.807) is 18.0 Å². The van der Waals surface area contributed by atoms with E-state index in [0.29, 0.717) is 29.4 Å². The summed E-state index contributed by atoms with van der Waals surface area (Å²) in [4.78, 5) is 29.5. The Morgan fingerprint density at radius 3 is 2.60 bits per heavy atom. The van der Waals surface area contributed by atoms with Gasteiger partial charge in [-0.3, -0.25) is 14.5 Å². The highest BCUT2D eigenvalue weighted by atomic mass is 19.4. The van der Waals surface area contributed by atoms with Gasteiger partial charge < -0.3 is 19.5 Å². The number of carbonyl (C=O) groups is 2. The highest BCUT2D eigenvalue weighted by molar-refractivity contribution is 5.94. The van der Waals surface area contributed by atoms with E-state index in [9.17, 15) is 27.9 Å². The Balaban J connectivity index is 1.20. The summed E-state index contributed by atoms with van der Waals surface area (Å²) in [6, 6.07) is 8.26. The number of hydrogen-bond donors (Lipinski definition) is 1. The normalized spacial score (nSPS) is 31.7. The van der Waals surface area contributed by atoms with Crippen molar-refractivity contribution in [2.24, 2.45) is 11.8 Å². The van der Waals surface area contributed by atoms with Crippen LogP contribution in [0.25, 0.3) is 0 Å². The van der Waals surface area contributed by atoms with Crippen LogP contribution in [0.3, 0.4) is 0 Å². The number of carbonyl (C=O) groups excluding carboxylic acids is 2. The van der Waals surface area contributed by atoms with Crippen LogP contribution in [-0.2, 0) is 27.6 Å². The highest BCUT2D eigenvalue weighted by Crippen LogP contribution is 2.64. The predicted molar refractivity (Wildman–Crippen MR) is 149 cm³/mol. The summed E-state index contributed by atoms with van der Waals surface area (Å²) in [6.45, 7) is 3.08. The zero-order valence-electron chi connectivity index (χ0n) is 24.0. The minimum atomic E-state index is -4.44. The average Bonchev–Trinajstić information content (AvgIpc) is 3.54. The molecule has 0 aromatic heterocycles. The molecule has 7 rings (SSSR count). The number of alkyl halides is 3. The van der Waals surface area contributed by atoms with Gasteiger partial charge in [-0.1, -0.05) is 12.0 Å². The van der Waals surface area contributed by atoms with E-state index >= 15 is 0 Å². The van der Waals surface area contributed by atoms with E-state index in [1.165, 1.54) is 24.6 Å². The maximum Gasteiger partial charge on any atom is 0.416 e. The van der Waals surface area contributed by atoms with Gasteiger partial charge in [0.25, 0.3) is 5.91 Å². The molecule has 226 valence electrons. The molecule has 2 saturated carbocycles. The second-order valence-electron chi connectivity index (χ2n) is 12.7. The number of aliphatic hydroxyl groups excluding tert-OH is 1. The largest absolute Gasteiger partial charge is 0.483 e. The summed E-state index contributed by atoms with van der Waals surface area (Å²) in [5.74, 6) is 6.05. The van der Waals surface area contributed by atoms with Crippen LogP contribution in [0, 0.1) is 23.7 Å². The molecule has 5 aliphatic rings. The third kappa shape index (κ3) is 4.59. The average molecular weight is 595 g/mol. The number of likely N-dealkylation sites (tertiary alicyclic amines) is 1. The third-order valence-corrected chi connectivity index (χ3v) is 10.3. The molecule has 2 heterocycles. The fourth-order valence-electron chi connectivity index (χ4n) is 8.28. The second kappa shape index (κ2) is 10.00. The Labute approximate surface area is 247 Å². The summed E-state index contributed by atoms with van der Waals surface area (Å²) in [6.07, 6.45) is -0.931. The van der Waals surface area contributed by atoms with E-state index in [2.05, 4.69) is 16.7 Å². The Morgan fingerprint density at radius 1 is 1.19 bits per heavy atom. The number of ether oxygens (including phenoxy) is 2. The minimum absolute atomic E-state index is 0.216. The first-order chi connectivity index (χ1) is 20.5. The highest BCUT2D eigenvalue weighted by Gasteiger charge is 2.66. The molecular formula is C33H33F3N2O5. The number of rotatable bonds is 4. The first kappa shape index (κ1) is 28.2. The molecule has 7 nitrogen and oxygen atoms in total. The molecule has 2 aromatic rings. The molecule has 0 radical (unpaired) electrons. The van der Waals surface area contributed by atoms with Gasteiger partial charge in [0, 0.05) is 54.9 Å². The lowest BCUT2D eigenvalue weighted by atomic mass is 9.51. The fourth-order valence-corrected chi connectivity index (χ4v) is 8.28. The fraction of sp³-hybridized carbons (Fsp3) is 0.515. The van der Waals surface area contributed by atoms with Crippen LogP contribution in [0.4, 0.5) is 13.2 Å². The Hall–Kier alpha value is -3.55. The van der Waals surface area contributed by atoms with Crippen LogP contribution < -0.4 is 9.47 Å². The van der Waals surface area contributed by atoms with Crippen molar-refractivity contribution in [3.63, 3.8) is 0 Å². The quantitative estimate of drug-likeness (QED) is 0.329. The molecule has 1 saturated heterocycles. The van der Waals surface area contributed by atoms with Crippen molar-refractivity contribution in [3.8, 4) is 23.3 Å². The molecule has 1 N–H and O–H groups in total. The zero-order valence-corrected chi connectivity index (χ0v) is 24.0. The maximum absolute atomic E-state index is 13.4. The van der Waals surface area contributed by atoms with Crippen molar-refractivity contribution in [2.45, 2.75) is 74.9 Å². The number of benzene rings is 2. The van der Waals surface area contributed by atoms with Gasteiger partial charge in [-0.25, -0.2) is 0 Å². The number of esters is 1. The lowest BCUT2D eigenvalue weighted by Crippen LogP contribution is -2.69. The van der Waals surface area contributed by atoms with Crippen molar-refractivity contribution in [3.05, 3.63) is 58.7 Å². The minimum Gasteiger partial charge on any atom is -0.483 e. The molecule has 2 aromatic carbocycles. The topological polar surface area (TPSA) is 79.3 Å². The molecule has 1 spiro atoms. The van der Waals surface area contributed by atoms with E-state index < -0.39 is 23.6 Å². The zero-order chi connectivity index (χ0) is 30.3. The molecule has 2 aliphatic heterocycles. The van der Waals surface area contributed by atoms with Crippen LogP contribution in [0.1, 0.15) is 54.9 Å². The van der Waals surface area contributed by atoms with Crippen molar-refractivity contribution in [1.29, 1.82) is 0 Å². The number of piperidine rings is 1. The molecule has 10 heteroatoms. The van der Waals surface area contributed by atoms with Gasteiger partial charge in [0.15, 0.2) is 11.5 Å². The van der Waals surface area contributed by atoms with Gasteiger partial charge in [-0.15, -0.1) is 0 Å². The van der Waals surface area contributed by atoms with Gasteiger partial charge in [0.2, 0.25) is 0 Å². The van der Waals surface area contributed by atoms with Gasteiger partial charge >= 0.3 is 12.1 Å². The van der Waals surface area contributed by atoms with Crippen molar-refractivity contribution >= 4 is 11.9 Å². The Kier molecular flexibility index (Phi) is 6.56. The number of nitrogens with zero attached hydrogens (tertiary/aromatic N) is 2. The number of likely N-dealkylation sites (N-methyl/N-ethyl adjacent to an activating group) is 1. The molecule has 43 heavy (non-hydrogen) atoms. The Morgan fingerprint density at radius 2 is 1.93 bits per heavy atom. The third-order valence-electron chi connectivity index (χ3n) is 10.3. The first-order valence-electron chi connectivity index (χ1n) is 14.9. The summed E-state index contributed by atoms with van der Waals surface area (Å²) in [5.41, 5.74) is 1.46. The van der Waals surface area contributed by atoms with Crippen LogP contribution in [0.2, 0.25) is 0 Å². The molecule has 2 bridgehead atoms. The monoisotopic (exact) mass is 594 g/mol. The number of amides is 1. The van der Waals surface area contributed by atoms with E-state index in [0.717, 1.165) is 56.5 Å². The van der Waals surface area contributed by atoms with Crippen LogP contribution in [0.5, 0.6) is 11.5 Å². The molecule has 2 unspecified atom stereocenters. The van der Waals surface area contributed by atoms with Gasteiger partial charge in [0.1, 0.15) is 6.10 Å². The second-order valence-corrected chi connectivity index (χ2v) is 12.7. The number of aliphatic hydroxyl groups is 1. The van der Waals surface area contributed by atoms with Gasteiger partial charge in [0.05, 0.1) is 17.7 Å². The van der Waals surface area contributed by atoms with E-state index in [1.807, 2.05) is 6.07 Å². The van der Waals surface area contributed by atoms with Crippen molar-refractivity contribution in [1.82, 2.24) is 9.80 Å². The predicted octanol–water partition coefficient (Wildman–Crippen LogP) is 3.93. The summed E-state index contributed by atoms with van der Waals surface area (Å²) in [7, 11) is 1.70. The lowest BCUT2D eigenvalue weighted by molar-refractivity contribution is -0.137. The number of hydrogen-bond acceptors (Lipinski definition) is 6. The van der Waals surface area contributed by atoms with Crippen LogP contribution in [-0.4, -0.2) is 71.2 Å².